The summed E-state index contributed by atoms with van der Waals surface area (Å²) < 4.78 is 28.0. The standard InChI is InChI=1S/C10H14F2N2O/c11-10(12)8-15-6-5-14-7-9-1-3-13-4-2-9/h1-4,10,14H,5-8H2. The van der Waals surface area contributed by atoms with Crippen LogP contribution in [0.1, 0.15) is 5.56 Å². The van der Waals surface area contributed by atoms with Crippen molar-refractivity contribution in [3.05, 3.63) is 30.1 Å². The van der Waals surface area contributed by atoms with Crippen LogP contribution >= 0.6 is 0 Å². The minimum absolute atomic E-state index is 0.301. The van der Waals surface area contributed by atoms with Gasteiger partial charge in [0.2, 0.25) is 0 Å². The second-order valence-corrected chi connectivity index (χ2v) is 3.00. The highest BCUT2D eigenvalue weighted by molar-refractivity contribution is 5.08. The zero-order valence-electron chi connectivity index (χ0n) is 8.33. The molecule has 0 fully saturated rings. The molecule has 84 valence electrons. The zero-order chi connectivity index (χ0) is 10.9. The predicted octanol–water partition coefficient (Wildman–Crippen LogP) is 1.45. The van der Waals surface area contributed by atoms with Gasteiger partial charge in [-0.3, -0.25) is 4.98 Å². The molecule has 15 heavy (non-hydrogen) atoms. The molecule has 0 aromatic carbocycles. The number of rotatable bonds is 7. The molecular weight excluding hydrogens is 202 g/mol. The predicted molar refractivity (Wildman–Crippen MR) is 52.8 cm³/mol. The van der Waals surface area contributed by atoms with E-state index in [4.69, 9.17) is 4.74 Å². The average Bonchev–Trinajstić information content (AvgIpc) is 2.24. The Bertz CT molecular complexity index is 257. The summed E-state index contributed by atoms with van der Waals surface area (Å²) in [7, 11) is 0. The molecule has 0 saturated heterocycles. The van der Waals surface area contributed by atoms with E-state index in [1.807, 2.05) is 12.1 Å². The Labute approximate surface area is 87.5 Å². The molecule has 0 aliphatic rings. The number of ether oxygens (including phenoxy) is 1. The number of nitrogens with one attached hydrogen (secondary N) is 1. The Balaban J connectivity index is 1.98. The Hall–Kier alpha value is -1.07. The van der Waals surface area contributed by atoms with E-state index in [0.29, 0.717) is 19.7 Å². The topological polar surface area (TPSA) is 34.1 Å². The average molecular weight is 216 g/mol. The summed E-state index contributed by atoms with van der Waals surface area (Å²) in [4.78, 5) is 3.89. The van der Waals surface area contributed by atoms with Crippen LogP contribution in [0.3, 0.4) is 0 Å². The number of halogens is 2. The quantitative estimate of drug-likeness (QED) is 0.700. The van der Waals surface area contributed by atoms with Gasteiger partial charge >= 0.3 is 0 Å². The fourth-order valence-corrected chi connectivity index (χ4v) is 1.05. The zero-order valence-corrected chi connectivity index (χ0v) is 8.33. The van der Waals surface area contributed by atoms with E-state index in [2.05, 4.69) is 10.3 Å². The molecule has 0 aliphatic heterocycles. The Morgan fingerprint density at radius 1 is 1.33 bits per heavy atom. The molecule has 0 unspecified atom stereocenters. The first-order chi connectivity index (χ1) is 7.29. The normalized spacial score (nSPS) is 10.9. The Morgan fingerprint density at radius 2 is 2.07 bits per heavy atom. The van der Waals surface area contributed by atoms with Gasteiger partial charge in [-0.1, -0.05) is 0 Å². The van der Waals surface area contributed by atoms with Crippen LogP contribution in [0.25, 0.3) is 0 Å². The van der Waals surface area contributed by atoms with Crippen molar-refractivity contribution >= 4 is 0 Å². The maximum absolute atomic E-state index is 11.7. The maximum atomic E-state index is 11.7. The van der Waals surface area contributed by atoms with E-state index < -0.39 is 13.0 Å². The van der Waals surface area contributed by atoms with E-state index in [0.717, 1.165) is 5.56 Å². The van der Waals surface area contributed by atoms with Crippen LogP contribution in [0.15, 0.2) is 24.5 Å². The molecule has 0 spiro atoms. The van der Waals surface area contributed by atoms with Crippen molar-refractivity contribution in [1.82, 2.24) is 10.3 Å². The van der Waals surface area contributed by atoms with Crippen molar-refractivity contribution in [3.63, 3.8) is 0 Å². The van der Waals surface area contributed by atoms with Crippen LogP contribution in [-0.2, 0) is 11.3 Å². The van der Waals surface area contributed by atoms with Crippen LogP contribution in [0.2, 0.25) is 0 Å². The smallest absolute Gasteiger partial charge is 0.261 e. The van der Waals surface area contributed by atoms with Gasteiger partial charge in [-0.15, -0.1) is 0 Å². The first kappa shape index (κ1) is 12.0. The number of alkyl halides is 2. The SMILES string of the molecule is FC(F)COCCNCc1ccncc1. The van der Waals surface area contributed by atoms with E-state index in [-0.39, 0.29) is 0 Å². The summed E-state index contributed by atoms with van der Waals surface area (Å²) in [6.45, 7) is 1.07. The van der Waals surface area contributed by atoms with Crippen molar-refractivity contribution < 1.29 is 13.5 Å². The summed E-state index contributed by atoms with van der Waals surface area (Å²) in [5.41, 5.74) is 1.11. The second kappa shape index (κ2) is 7.25. The number of aromatic nitrogens is 1. The van der Waals surface area contributed by atoms with Crippen molar-refractivity contribution in [2.75, 3.05) is 19.8 Å². The molecule has 3 nitrogen and oxygen atoms in total. The van der Waals surface area contributed by atoms with Crippen LogP contribution in [0.4, 0.5) is 8.78 Å². The summed E-state index contributed by atoms with van der Waals surface area (Å²) in [6, 6.07) is 3.79. The molecule has 1 aromatic rings. The van der Waals surface area contributed by atoms with Gasteiger partial charge in [0.25, 0.3) is 6.43 Å². The number of hydrogen-bond acceptors (Lipinski definition) is 3. The first-order valence-corrected chi connectivity index (χ1v) is 4.74. The molecule has 0 aliphatic carbocycles. The molecule has 5 heteroatoms. The van der Waals surface area contributed by atoms with Gasteiger partial charge in [-0.2, -0.15) is 0 Å². The largest absolute Gasteiger partial charge is 0.374 e. The number of nitrogens with zero attached hydrogens (tertiary/aromatic N) is 1. The summed E-state index contributed by atoms with van der Waals surface area (Å²) in [6.07, 6.45) is 1.04. The summed E-state index contributed by atoms with van der Waals surface area (Å²) in [5.74, 6) is 0. The van der Waals surface area contributed by atoms with E-state index in [1.54, 1.807) is 12.4 Å². The lowest BCUT2D eigenvalue weighted by atomic mass is 10.3. The molecule has 1 aromatic heterocycles. The minimum atomic E-state index is -2.38. The minimum Gasteiger partial charge on any atom is -0.374 e. The molecule has 1 heterocycles. The van der Waals surface area contributed by atoms with Gasteiger partial charge in [-0.05, 0) is 17.7 Å². The fraction of sp³-hybridized carbons (Fsp3) is 0.500. The molecule has 0 bridgehead atoms. The Morgan fingerprint density at radius 3 is 2.73 bits per heavy atom. The second-order valence-electron chi connectivity index (χ2n) is 3.00. The highest BCUT2D eigenvalue weighted by atomic mass is 19.3. The fourth-order valence-electron chi connectivity index (χ4n) is 1.05. The van der Waals surface area contributed by atoms with E-state index >= 15 is 0 Å². The van der Waals surface area contributed by atoms with Gasteiger partial charge in [0.15, 0.2) is 0 Å². The van der Waals surface area contributed by atoms with Gasteiger partial charge < -0.3 is 10.1 Å². The van der Waals surface area contributed by atoms with Crippen molar-refractivity contribution in [2.24, 2.45) is 0 Å². The number of hydrogen-bond donors (Lipinski definition) is 1. The third kappa shape index (κ3) is 6.09. The third-order valence-electron chi connectivity index (χ3n) is 1.75. The van der Waals surface area contributed by atoms with Crippen LogP contribution in [0, 0.1) is 0 Å². The van der Waals surface area contributed by atoms with Gasteiger partial charge in [0, 0.05) is 25.5 Å². The van der Waals surface area contributed by atoms with Crippen molar-refractivity contribution in [3.8, 4) is 0 Å². The first-order valence-electron chi connectivity index (χ1n) is 4.74. The molecule has 0 radical (unpaired) electrons. The molecule has 1 N–H and O–H groups in total. The molecule has 1 rings (SSSR count). The Kier molecular flexibility index (Phi) is 5.80. The summed E-state index contributed by atoms with van der Waals surface area (Å²) in [5, 5.41) is 3.08. The molecule has 0 saturated carbocycles. The van der Waals surface area contributed by atoms with Gasteiger partial charge in [0.1, 0.15) is 6.61 Å². The van der Waals surface area contributed by atoms with Crippen molar-refractivity contribution in [1.29, 1.82) is 0 Å². The van der Waals surface area contributed by atoms with Gasteiger partial charge in [-0.25, -0.2) is 8.78 Å². The van der Waals surface area contributed by atoms with Crippen molar-refractivity contribution in [2.45, 2.75) is 13.0 Å². The number of pyridine rings is 1. The lowest BCUT2D eigenvalue weighted by Crippen LogP contribution is -2.20. The van der Waals surface area contributed by atoms with Crippen LogP contribution in [-0.4, -0.2) is 31.2 Å². The monoisotopic (exact) mass is 216 g/mol. The third-order valence-corrected chi connectivity index (χ3v) is 1.75. The van der Waals surface area contributed by atoms with Crippen LogP contribution < -0.4 is 5.32 Å². The van der Waals surface area contributed by atoms with Crippen LogP contribution in [0.5, 0.6) is 0 Å². The van der Waals surface area contributed by atoms with E-state index in [9.17, 15) is 8.78 Å². The maximum Gasteiger partial charge on any atom is 0.261 e. The summed E-state index contributed by atoms with van der Waals surface area (Å²) >= 11 is 0. The van der Waals surface area contributed by atoms with E-state index in [1.165, 1.54) is 0 Å². The lowest BCUT2D eigenvalue weighted by Gasteiger charge is -2.05. The highest BCUT2D eigenvalue weighted by Crippen LogP contribution is 1.94. The molecule has 0 atom stereocenters. The van der Waals surface area contributed by atoms with Gasteiger partial charge in [0.05, 0.1) is 6.61 Å². The molecule has 0 amide bonds. The lowest BCUT2D eigenvalue weighted by molar-refractivity contribution is 0.0187. The molecular formula is C10H14F2N2O. The highest BCUT2D eigenvalue weighted by Gasteiger charge is 2.00.